The van der Waals surface area contributed by atoms with Gasteiger partial charge in [0.1, 0.15) is 24.2 Å². The van der Waals surface area contributed by atoms with E-state index in [0.717, 1.165) is 12.5 Å². The van der Waals surface area contributed by atoms with Crippen molar-refractivity contribution in [1.82, 2.24) is 0 Å². The van der Waals surface area contributed by atoms with Crippen molar-refractivity contribution in [2.75, 3.05) is 12.9 Å². The normalized spacial score (nSPS) is 40.0. The van der Waals surface area contributed by atoms with E-state index in [-0.39, 0.29) is 18.4 Å². The van der Waals surface area contributed by atoms with Crippen LogP contribution in [0.15, 0.2) is 23.6 Å². The second-order valence-electron chi connectivity index (χ2n) is 8.64. The van der Waals surface area contributed by atoms with Crippen LogP contribution in [0.25, 0.3) is 0 Å². The molecule has 2 saturated carbocycles. The molecule has 1 saturated heterocycles. The highest BCUT2D eigenvalue weighted by atomic mass is 32.2. The first-order valence-corrected chi connectivity index (χ1v) is 11.4. The summed E-state index contributed by atoms with van der Waals surface area (Å²) in [7, 11) is -1.31. The average Bonchev–Trinajstić information content (AvgIpc) is 3.06. The molecule has 0 aromatic carbocycles. The number of hydrogen-bond acceptors (Lipinski definition) is 7. The van der Waals surface area contributed by atoms with Crippen LogP contribution in [0.4, 0.5) is 0 Å². The van der Waals surface area contributed by atoms with Crippen LogP contribution in [0, 0.1) is 22.7 Å². The number of cyclic esters (lactones) is 1. The molecule has 3 fully saturated rings. The van der Waals surface area contributed by atoms with E-state index in [2.05, 4.69) is 20.4 Å². The largest absolute Gasteiger partial charge is 0.462 e. The lowest BCUT2D eigenvalue weighted by Crippen LogP contribution is -2.50. The molecule has 0 amide bonds. The van der Waals surface area contributed by atoms with Gasteiger partial charge in [-0.25, -0.2) is 4.79 Å². The van der Waals surface area contributed by atoms with Crippen LogP contribution in [0.3, 0.4) is 0 Å². The van der Waals surface area contributed by atoms with Crippen molar-refractivity contribution in [2.24, 2.45) is 22.7 Å². The minimum Gasteiger partial charge on any atom is -0.462 e. The third-order valence-electron chi connectivity index (χ3n) is 6.97. The zero-order valence-corrected chi connectivity index (χ0v) is 18.1. The molecule has 8 heteroatoms. The van der Waals surface area contributed by atoms with Crippen LogP contribution in [-0.4, -0.2) is 47.2 Å². The molecule has 3 rings (SSSR count). The number of rotatable bonds is 4. The standard InChI is InChI=1S/C21H28O7S/c1-12-6-7-15(27-14(3)22)17-18(28-16(23)8-9-29(5)25)21(11-20(12,17)4)13(2)10-26-19(21)24/h8-9,12,15,17-18H,2,6-7,10-11H2,1,3-5H3. The van der Waals surface area contributed by atoms with Crippen LogP contribution in [0.1, 0.15) is 40.0 Å². The molecule has 1 heterocycles. The fourth-order valence-corrected chi connectivity index (χ4v) is 5.72. The molecule has 7 atom stereocenters. The highest BCUT2D eigenvalue weighted by molar-refractivity contribution is 7.87. The first-order valence-electron chi connectivity index (χ1n) is 9.76. The lowest BCUT2D eigenvalue weighted by atomic mass is 9.61. The Morgan fingerprint density at radius 2 is 2.00 bits per heavy atom. The molecule has 0 bridgehead atoms. The topological polar surface area (TPSA) is 96.0 Å². The van der Waals surface area contributed by atoms with Crippen molar-refractivity contribution in [2.45, 2.75) is 52.2 Å². The van der Waals surface area contributed by atoms with Crippen LogP contribution in [0.2, 0.25) is 0 Å². The van der Waals surface area contributed by atoms with Crippen molar-refractivity contribution in [3.8, 4) is 0 Å². The van der Waals surface area contributed by atoms with E-state index in [1.807, 2.05) is 0 Å². The molecule has 0 aromatic heterocycles. The van der Waals surface area contributed by atoms with Gasteiger partial charge in [-0.2, -0.15) is 0 Å². The van der Waals surface area contributed by atoms with E-state index in [9.17, 15) is 18.6 Å². The first kappa shape index (κ1) is 21.7. The van der Waals surface area contributed by atoms with Gasteiger partial charge in [0, 0.05) is 41.4 Å². The van der Waals surface area contributed by atoms with Crippen LogP contribution in [0.5, 0.6) is 0 Å². The van der Waals surface area contributed by atoms with Gasteiger partial charge in [0.05, 0.1) is 0 Å². The molecule has 160 valence electrons. The summed E-state index contributed by atoms with van der Waals surface area (Å²) in [5.74, 6) is -1.71. The summed E-state index contributed by atoms with van der Waals surface area (Å²) in [5, 5.41) is 1.23. The minimum atomic E-state index is -1.31. The van der Waals surface area contributed by atoms with E-state index in [4.69, 9.17) is 14.2 Å². The summed E-state index contributed by atoms with van der Waals surface area (Å²) in [6.45, 7) is 9.66. The molecule has 0 aromatic rings. The van der Waals surface area contributed by atoms with Gasteiger partial charge in [0.2, 0.25) is 0 Å². The summed E-state index contributed by atoms with van der Waals surface area (Å²) in [6.07, 6.45) is 3.08. The SMILES string of the molecule is C=C1COC(=O)C12CC1(C)C(C)CCC(OC(C)=O)C1C2OC(=O)C=CS(C)=O. The lowest BCUT2D eigenvalue weighted by molar-refractivity contribution is -0.172. The van der Waals surface area contributed by atoms with Crippen LogP contribution in [-0.2, 0) is 39.4 Å². The Labute approximate surface area is 173 Å². The molecule has 0 radical (unpaired) electrons. The number of ether oxygens (including phenoxy) is 3. The Bertz CT molecular complexity index is 785. The Morgan fingerprint density at radius 1 is 1.31 bits per heavy atom. The molecule has 2 aliphatic carbocycles. The molecule has 29 heavy (non-hydrogen) atoms. The monoisotopic (exact) mass is 424 g/mol. The Balaban J connectivity index is 2.07. The predicted molar refractivity (Wildman–Crippen MR) is 106 cm³/mol. The number of carbonyl (C=O) groups excluding carboxylic acids is 3. The maximum atomic E-state index is 12.9. The van der Waals surface area contributed by atoms with Crippen LogP contribution < -0.4 is 0 Å². The maximum absolute atomic E-state index is 12.9. The van der Waals surface area contributed by atoms with Gasteiger partial charge >= 0.3 is 17.9 Å². The second kappa shape index (κ2) is 7.70. The molecular formula is C21H28O7S. The zero-order valence-electron chi connectivity index (χ0n) is 17.3. The van der Waals surface area contributed by atoms with Gasteiger partial charge < -0.3 is 14.2 Å². The lowest BCUT2D eigenvalue weighted by Gasteiger charge is -2.46. The molecule has 7 nitrogen and oxygen atoms in total. The summed E-state index contributed by atoms with van der Waals surface area (Å²) in [4.78, 5) is 37.2. The highest BCUT2D eigenvalue weighted by Crippen LogP contribution is 2.66. The highest BCUT2D eigenvalue weighted by Gasteiger charge is 2.71. The molecule has 0 N–H and O–H groups in total. The Morgan fingerprint density at radius 3 is 2.55 bits per heavy atom. The number of fused-ring (bicyclic) bond motifs is 1. The quantitative estimate of drug-likeness (QED) is 0.296. The van der Waals surface area contributed by atoms with Gasteiger partial charge in [-0.05, 0) is 36.2 Å². The zero-order chi connectivity index (χ0) is 21.6. The van der Waals surface area contributed by atoms with E-state index in [0.29, 0.717) is 18.4 Å². The number of hydrogen-bond donors (Lipinski definition) is 0. The fraction of sp³-hybridized carbons (Fsp3) is 0.667. The molecule has 1 spiro atoms. The van der Waals surface area contributed by atoms with E-state index >= 15 is 0 Å². The van der Waals surface area contributed by atoms with Crippen molar-refractivity contribution in [3.63, 3.8) is 0 Å². The third-order valence-corrected chi connectivity index (χ3v) is 7.49. The predicted octanol–water partition coefficient (Wildman–Crippen LogP) is 2.28. The third kappa shape index (κ3) is 3.56. The van der Waals surface area contributed by atoms with E-state index in [1.165, 1.54) is 18.6 Å². The van der Waals surface area contributed by atoms with Gasteiger partial charge in [0.25, 0.3) is 0 Å². The maximum Gasteiger partial charge on any atom is 0.331 e. The molecule has 7 unspecified atom stereocenters. The van der Waals surface area contributed by atoms with Gasteiger partial charge in [-0.3, -0.25) is 13.8 Å². The number of esters is 3. The fourth-order valence-electron chi connectivity index (χ4n) is 5.42. The molecular weight excluding hydrogens is 396 g/mol. The Kier molecular flexibility index (Phi) is 5.77. The summed E-state index contributed by atoms with van der Waals surface area (Å²) >= 11 is 0. The van der Waals surface area contributed by atoms with Crippen molar-refractivity contribution in [3.05, 3.63) is 23.6 Å². The van der Waals surface area contributed by atoms with Gasteiger partial charge in [-0.1, -0.05) is 20.4 Å². The van der Waals surface area contributed by atoms with E-state index in [1.54, 1.807) is 0 Å². The first-order chi connectivity index (χ1) is 13.5. The second-order valence-corrected chi connectivity index (χ2v) is 9.91. The average molecular weight is 425 g/mol. The molecule has 3 aliphatic rings. The summed E-state index contributed by atoms with van der Waals surface area (Å²) in [5.41, 5.74) is -0.995. The van der Waals surface area contributed by atoms with Gasteiger partial charge in [-0.15, -0.1) is 0 Å². The summed E-state index contributed by atoms with van der Waals surface area (Å²) in [6, 6.07) is 0. The molecule has 1 aliphatic heterocycles. The minimum absolute atomic E-state index is 0.0805. The van der Waals surface area contributed by atoms with Crippen LogP contribution >= 0.6 is 0 Å². The van der Waals surface area contributed by atoms with E-state index < -0.39 is 51.7 Å². The van der Waals surface area contributed by atoms with Crippen molar-refractivity contribution < 1.29 is 32.8 Å². The number of carbonyl (C=O) groups is 3. The Hall–Kier alpha value is -1.96. The van der Waals surface area contributed by atoms with Gasteiger partial charge in [0.15, 0.2) is 0 Å². The van der Waals surface area contributed by atoms with Crippen molar-refractivity contribution >= 4 is 28.7 Å². The summed E-state index contributed by atoms with van der Waals surface area (Å²) < 4.78 is 28.1. The smallest absolute Gasteiger partial charge is 0.331 e. The van der Waals surface area contributed by atoms with Crippen molar-refractivity contribution in [1.29, 1.82) is 0 Å².